The number of amides is 1. The smallest absolute Gasteiger partial charge is 0.350 e. The van der Waals surface area contributed by atoms with Crippen LogP contribution >= 0.6 is 23.7 Å². The topological polar surface area (TPSA) is 80.3 Å². The second kappa shape index (κ2) is 9.50. The van der Waals surface area contributed by atoms with E-state index in [4.69, 9.17) is 4.74 Å². The summed E-state index contributed by atoms with van der Waals surface area (Å²) in [7, 11) is 1.35. The lowest BCUT2D eigenvalue weighted by Crippen LogP contribution is -2.28. The molecule has 25 heavy (non-hydrogen) atoms. The van der Waals surface area contributed by atoms with Crippen molar-refractivity contribution in [3.8, 4) is 0 Å². The molecule has 1 amide bonds. The highest BCUT2D eigenvalue weighted by molar-refractivity contribution is 7.17. The van der Waals surface area contributed by atoms with Crippen LogP contribution in [0.3, 0.4) is 0 Å². The normalized spacial score (nSPS) is 15.4. The number of anilines is 1. The summed E-state index contributed by atoms with van der Waals surface area (Å²) in [6, 6.07) is 0. The molecule has 1 aliphatic rings. The molecule has 2 N–H and O–H groups in total. The van der Waals surface area contributed by atoms with Gasteiger partial charge in [0.1, 0.15) is 4.88 Å². The van der Waals surface area contributed by atoms with E-state index in [1.165, 1.54) is 18.4 Å². The molecule has 0 unspecified atom stereocenters. The second-order valence-electron chi connectivity index (χ2n) is 7.22. The van der Waals surface area contributed by atoms with E-state index in [0.29, 0.717) is 28.0 Å². The van der Waals surface area contributed by atoms with E-state index in [2.05, 4.69) is 15.6 Å². The number of halogens is 1. The lowest BCUT2D eigenvalue weighted by atomic mass is 9.91. The Bertz CT molecular complexity index is 592. The van der Waals surface area contributed by atoms with Gasteiger partial charge in [0, 0.05) is 11.8 Å². The van der Waals surface area contributed by atoms with Crippen LogP contribution in [0.15, 0.2) is 0 Å². The van der Waals surface area contributed by atoms with E-state index < -0.39 is 5.97 Å². The quantitative estimate of drug-likeness (QED) is 0.754. The summed E-state index contributed by atoms with van der Waals surface area (Å²) in [5.74, 6) is 0.163. The molecule has 1 saturated heterocycles. The fraction of sp³-hybridized carbons (Fsp3) is 0.706. The van der Waals surface area contributed by atoms with Gasteiger partial charge < -0.3 is 15.4 Å². The van der Waals surface area contributed by atoms with Gasteiger partial charge in [-0.2, -0.15) is 0 Å². The third-order valence-corrected chi connectivity index (χ3v) is 5.14. The number of thiazole rings is 1. The molecule has 0 aliphatic carbocycles. The van der Waals surface area contributed by atoms with Gasteiger partial charge in [0.2, 0.25) is 5.91 Å². The van der Waals surface area contributed by atoms with Crippen molar-refractivity contribution in [2.45, 2.75) is 51.9 Å². The Hall–Kier alpha value is -1.18. The van der Waals surface area contributed by atoms with Crippen molar-refractivity contribution in [1.29, 1.82) is 0 Å². The van der Waals surface area contributed by atoms with Gasteiger partial charge in [0.25, 0.3) is 0 Å². The molecule has 0 atom stereocenters. The molecule has 0 bridgehead atoms. The summed E-state index contributed by atoms with van der Waals surface area (Å²) in [4.78, 5) is 29.0. The number of aromatic nitrogens is 1. The number of rotatable bonds is 5. The van der Waals surface area contributed by atoms with Crippen LogP contribution < -0.4 is 10.6 Å². The van der Waals surface area contributed by atoms with Gasteiger partial charge in [-0.1, -0.05) is 32.1 Å². The van der Waals surface area contributed by atoms with Crippen LogP contribution in [0, 0.1) is 5.92 Å². The van der Waals surface area contributed by atoms with Gasteiger partial charge in [-0.3, -0.25) is 4.79 Å². The van der Waals surface area contributed by atoms with Gasteiger partial charge in [-0.15, -0.1) is 12.4 Å². The third-order valence-electron chi connectivity index (χ3n) is 4.19. The molecule has 142 valence electrons. The largest absolute Gasteiger partial charge is 0.465 e. The first-order valence-corrected chi connectivity index (χ1v) is 9.23. The average Bonchev–Trinajstić information content (AvgIpc) is 2.97. The standard InChI is InChI=1S/C17H27N3O3S.ClH/c1-17(2,3)14-13(15(22)23-4)24-16(20-14)19-12(21)6-5-11-7-9-18-10-8-11;/h11,18H,5-10H2,1-4H3,(H,19,20,21);1H. The first kappa shape index (κ1) is 21.9. The number of carbonyl (C=O) groups is 2. The Balaban J connectivity index is 0.00000312. The maximum atomic E-state index is 12.2. The Morgan fingerprint density at radius 1 is 1.32 bits per heavy atom. The number of ether oxygens (including phenoxy) is 1. The SMILES string of the molecule is COC(=O)c1sc(NC(=O)CCC2CCNCC2)nc1C(C)(C)C.Cl. The molecular formula is C17H28ClN3O3S. The highest BCUT2D eigenvalue weighted by Gasteiger charge is 2.28. The first-order valence-electron chi connectivity index (χ1n) is 8.41. The number of nitrogens with zero attached hydrogens (tertiary/aromatic N) is 1. The second-order valence-corrected chi connectivity index (χ2v) is 8.22. The van der Waals surface area contributed by atoms with Gasteiger partial charge in [0.15, 0.2) is 5.13 Å². The molecule has 1 fully saturated rings. The highest BCUT2D eigenvalue weighted by atomic mass is 35.5. The van der Waals surface area contributed by atoms with E-state index in [0.717, 1.165) is 32.4 Å². The van der Waals surface area contributed by atoms with Crippen molar-refractivity contribution in [3.63, 3.8) is 0 Å². The van der Waals surface area contributed by atoms with E-state index in [1.807, 2.05) is 20.8 Å². The summed E-state index contributed by atoms with van der Waals surface area (Å²) in [6.45, 7) is 8.03. The minimum Gasteiger partial charge on any atom is -0.465 e. The van der Waals surface area contributed by atoms with Crippen LogP contribution in [0.2, 0.25) is 0 Å². The van der Waals surface area contributed by atoms with Crippen molar-refractivity contribution in [2.75, 3.05) is 25.5 Å². The van der Waals surface area contributed by atoms with Crippen molar-refractivity contribution in [2.24, 2.45) is 5.92 Å². The predicted molar refractivity (Wildman–Crippen MR) is 103 cm³/mol. The van der Waals surface area contributed by atoms with Gasteiger partial charge in [-0.25, -0.2) is 9.78 Å². The average molecular weight is 390 g/mol. The van der Waals surface area contributed by atoms with E-state index in [1.54, 1.807) is 0 Å². The van der Waals surface area contributed by atoms with Gasteiger partial charge in [-0.05, 0) is 38.3 Å². The van der Waals surface area contributed by atoms with Crippen LogP contribution in [-0.4, -0.2) is 37.1 Å². The molecule has 1 aliphatic heterocycles. The molecule has 0 radical (unpaired) electrons. The van der Waals surface area contributed by atoms with E-state index in [-0.39, 0.29) is 23.7 Å². The van der Waals surface area contributed by atoms with Crippen molar-refractivity contribution in [3.05, 3.63) is 10.6 Å². The maximum Gasteiger partial charge on any atom is 0.350 e. The number of carbonyl (C=O) groups excluding carboxylic acids is 2. The fourth-order valence-electron chi connectivity index (χ4n) is 2.80. The number of esters is 1. The van der Waals surface area contributed by atoms with E-state index in [9.17, 15) is 9.59 Å². The van der Waals surface area contributed by atoms with Gasteiger partial charge >= 0.3 is 5.97 Å². The molecule has 6 nitrogen and oxygen atoms in total. The molecule has 8 heteroatoms. The molecular weight excluding hydrogens is 362 g/mol. The van der Waals surface area contributed by atoms with Crippen LogP contribution in [0.5, 0.6) is 0 Å². The minimum atomic E-state index is -0.410. The molecule has 0 spiro atoms. The number of hydrogen-bond donors (Lipinski definition) is 2. The van der Waals surface area contributed by atoms with Crippen LogP contribution in [0.1, 0.15) is 61.8 Å². The van der Waals surface area contributed by atoms with E-state index >= 15 is 0 Å². The monoisotopic (exact) mass is 389 g/mol. The first-order chi connectivity index (χ1) is 11.3. The number of hydrogen-bond acceptors (Lipinski definition) is 6. The molecule has 2 heterocycles. The molecule has 0 saturated carbocycles. The molecule has 1 aromatic rings. The summed E-state index contributed by atoms with van der Waals surface area (Å²) < 4.78 is 4.83. The van der Waals surface area contributed by atoms with Gasteiger partial charge in [0.05, 0.1) is 12.8 Å². The lowest BCUT2D eigenvalue weighted by molar-refractivity contribution is -0.116. The highest BCUT2D eigenvalue weighted by Crippen LogP contribution is 2.32. The number of nitrogens with one attached hydrogen (secondary N) is 2. The summed E-state index contributed by atoms with van der Waals surface area (Å²) >= 11 is 1.18. The zero-order valence-electron chi connectivity index (χ0n) is 15.3. The summed E-state index contributed by atoms with van der Waals surface area (Å²) in [6.07, 6.45) is 3.65. The Morgan fingerprint density at radius 2 is 1.96 bits per heavy atom. The Morgan fingerprint density at radius 3 is 2.52 bits per heavy atom. The minimum absolute atomic E-state index is 0. The Labute approximate surface area is 159 Å². The lowest BCUT2D eigenvalue weighted by Gasteiger charge is -2.21. The van der Waals surface area contributed by atoms with Crippen LogP contribution in [0.25, 0.3) is 0 Å². The van der Waals surface area contributed by atoms with Crippen LogP contribution in [-0.2, 0) is 14.9 Å². The predicted octanol–water partition coefficient (Wildman–Crippen LogP) is 3.37. The molecule has 2 rings (SSSR count). The van der Waals surface area contributed by atoms with Crippen molar-refractivity contribution < 1.29 is 14.3 Å². The fourth-order valence-corrected chi connectivity index (χ4v) is 3.91. The maximum absolute atomic E-state index is 12.2. The molecule has 1 aromatic heterocycles. The zero-order valence-corrected chi connectivity index (χ0v) is 16.9. The summed E-state index contributed by atoms with van der Waals surface area (Å²) in [5, 5.41) is 6.64. The summed E-state index contributed by atoms with van der Waals surface area (Å²) in [5.41, 5.74) is 0.367. The number of methoxy groups -OCH3 is 1. The van der Waals surface area contributed by atoms with Crippen molar-refractivity contribution >= 4 is 40.8 Å². The number of piperidine rings is 1. The van der Waals surface area contributed by atoms with Crippen molar-refractivity contribution in [1.82, 2.24) is 10.3 Å². The van der Waals surface area contributed by atoms with Crippen LogP contribution in [0.4, 0.5) is 5.13 Å². The zero-order chi connectivity index (χ0) is 17.7. The third kappa shape index (κ3) is 6.24. The Kier molecular flexibility index (Phi) is 8.31. The molecule has 0 aromatic carbocycles.